The van der Waals surface area contributed by atoms with Gasteiger partial charge < -0.3 is 9.15 Å². The number of ketones is 1. The van der Waals surface area contributed by atoms with Crippen LogP contribution in [-0.2, 0) is 18.0 Å². The summed E-state index contributed by atoms with van der Waals surface area (Å²) in [4.78, 5) is 12.1. The Balaban J connectivity index is 1.97. The Morgan fingerprint density at radius 3 is 2.71 bits per heavy atom. The minimum atomic E-state index is -0.161. The van der Waals surface area contributed by atoms with Crippen LogP contribution in [0, 0.1) is 0 Å². The van der Waals surface area contributed by atoms with Crippen LogP contribution in [0.2, 0.25) is 5.22 Å². The molecule has 86 valence electrons. The van der Waals surface area contributed by atoms with E-state index < -0.39 is 0 Å². The Morgan fingerprint density at radius 2 is 1.94 bits per heavy atom. The SMILES string of the molecule is O=C(c1ccc2c(c1)COC2)c1ccc(Cl)o1. The van der Waals surface area contributed by atoms with Gasteiger partial charge in [0.2, 0.25) is 5.78 Å². The van der Waals surface area contributed by atoms with Crippen molar-refractivity contribution < 1.29 is 13.9 Å². The summed E-state index contributed by atoms with van der Waals surface area (Å²) in [5.74, 6) is 0.0977. The van der Waals surface area contributed by atoms with E-state index in [-0.39, 0.29) is 16.8 Å². The molecule has 2 aromatic rings. The number of carbonyl (C=O) groups is 1. The highest BCUT2D eigenvalue weighted by molar-refractivity contribution is 6.29. The first-order valence-electron chi connectivity index (χ1n) is 5.23. The molecular formula is C13H9ClO3. The lowest BCUT2D eigenvalue weighted by atomic mass is 10.0. The zero-order valence-corrected chi connectivity index (χ0v) is 9.66. The summed E-state index contributed by atoms with van der Waals surface area (Å²) < 4.78 is 10.4. The number of rotatable bonds is 2. The van der Waals surface area contributed by atoms with Crippen molar-refractivity contribution in [1.82, 2.24) is 0 Å². The average molecular weight is 249 g/mol. The van der Waals surface area contributed by atoms with E-state index in [2.05, 4.69) is 0 Å². The number of carbonyl (C=O) groups excluding carboxylic acids is 1. The van der Waals surface area contributed by atoms with Gasteiger partial charge in [-0.2, -0.15) is 0 Å². The maximum absolute atomic E-state index is 12.1. The zero-order valence-electron chi connectivity index (χ0n) is 8.90. The first-order valence-corrected chi connectivity index (χ1v) is 5.61. The number of halogens is 1. The van der Waals surface area contributed by atoms with E-state index in [1.54, 1.807) is 18.2 Å². The quantitative estimate of drug-likeness (QED) is 0.766. The summed E-state index contributed by atoms with van der Waals surface area (Å²) in [6, 6.07) is 8.69. The van der Waals surface area contributed by atoms with Gasteiger partial charge in [0.05, 0.1) is 13.2 Å². The van der Waals surface area contributed by atoms with Crippen molar-refractivity contribution in [2.45, 2.75) is 13.2 Å². The highest BCUT2D eigenvalue weighted by atomic mass is 35.5. The van der Waals surface area contributed by atoms with Crippen LogP contribution in [-0.4, -0.2) is 5.78 Å². The standard InChI is InChI=1S/C13H9ClO3/c14-12-4-3-11(17-12)13(15)8-1-2-9-6-16-7-10(9)5-8/h1-5H,6-7H2. The molecule has 0 aliphatic carbocycles. The Morgan fingerprint density at radius 1 is 1.12 bits per heavy atom. The number of hydrogen-bond donors (Lipinski definition) is 0. The second kappa shape index (κ2) is 4.02. The van der Waals surface area contributed by atoms with Gasteiger partial charge in [-0.05, 0) is 40.9 Å². The molecule has 3 nitrogen and oxygen atoms in total. The largest absolute Gasteiger partial charge is 0.441 e. The van der Waals surface area contributed by atoms with Gasteiger partial charge in [0.15, 0.2) is 11.0 Å². The summed E-state index contributed by atoms with van der Waals surface area (Å²) in [7, 11) is 0. The Kier molecular flexibility index (Phi) is 2.50. The molecule has 1 aromatic carbocycles. The molecule has 1 aromatic heterocycles. The summed E-state index contributed by atoms with van der Waals surface area (Å²) >= 11 is 5.65. The number of fused-ring (bicyclic) bond motifs is 1. The van der Waals surface area contributed by atoms with Gasteiger partial charge in [-0.3, -0.25) is 4.79 Å². The first-order chi connectivity index (χ1) is 8.24. The lowest BCUT2D eigenvalue weighted by Gasteiger charge is -2.01. The van der Waals surface area contributed by atoms with Gasteiger partial charge in [-0.25, -0.2) is 0 Å². The van der Waals surface area contributed by atoms with Crippen LogP contribution in [0.1, 0.15) is 27.2 Å². The van der Waals surface area contributed by atoms with Crippen molar-refractivity contribution in [3.63, 3.8) is 0 Å². The van der Waals surface area contributed by atoms with E-state index in [4.69, 9.17) is 20.8 Å². The lowest BCUT2D eigenvalue weighted by molar-refractivity contribution is 0.101. The maximum atomic E-state index is 12.1. The summed E-state index contributed by atoms with van der Waals surface area (Å²) in [6.45, 7) is 1.19. The molecule has 4 heteroatoms. The van der Waals surface area contributed by atoms with E-state index in [1.807, 2.05) is 12.1 Å². The fourth-order valence-electron chi connectivity index (χ4n) is 1.89. The molecule has 1 aliphatic rings. The molecule has 3 rings (SSSR count). The predicted octanol–water partition coefficient (Wildman–Crippen LogP) is 3.19. The van der Waals surface area contributed by atoms with Crippen molar-refractivity contribution in [3.8, 4) is 0 Å². The Labute approximate surface area is 103 Å². The molecule has 0 atom stereocenters. The lowest BCUT2D eigenvalue weighted by Crippen LogP contribution is -2.00. The van der Waals surface area contributed by atoms with Crippen LogP contribution in [0.15, 0.2) is 34.7 Å². The molecule has 0 saturated heterocycles. The zero-order chi connectivity index (χ0) is 11.8. The number of furan rings is 1. The molecule has 2 heterocycles. The minimum Gasteiger partial charge on any atom is -0.441 e. The fourth-order valence-corrected chi connectivity index (χ4v) is 2.04. The maximum Gasteiger partial charge on any atom is 0.228 e. The predicted molar refractivity (Wildman–Crippen MR) is 62.1 cm³/mol. The molecular weight excluding hydrogens is 240 g/mol. The van der Waals surface area contributed by atoms with Crippen molar-refractivity contribution in [3.05, 3.63) is 58.0 Å². The normalized spacial score (nSPS) is 13.7. The van der Waals surface area contributed by atoms with Crippen molar-refractivity contribution in [2.24, 2.45) is 0 Å². The monoisotopic (exact) mass is 248 g/mol. The van der Waals surface area contributed by atoms with Gasteiger partial charge in [0.25, 0.3) is 0 Å². The van der Waals surface area contributed by atoms with Crippen molar-refractivity contribution in [2.75, 3.05) is 0 Å². The summed E-state index contributed by atoms with van der Waals surface area (Å²) in [5.41, 5.74) is 2.80. The number of ether oxygens (including phenoxy) is 1. The number of benzene rings is 1. The van der Waals surface area contributed by atoms with Crippen molar-refractivity contribution in [1.29, 1.82) is 0 Å². The third kappa shape index (κ3) is 1.88. The van der Waals surface area contributed by atoms with Gasteiger partial charge in [0, 0.05) is 5.56 Å². The first kappa shape index (κ1) is 10.6. The Hall–Kier alpha value is -1.58. The molecule has 0 fully saturated rings. The molecule has 0 radical (unpaired) electrons. The van der Waals surface area contributed by atoms with Crippen LogP contribution in [0.25, 0.3) is 0 Å². The molecule has 0 saturated carbocycles. The van der Waals surface area contributed by atoms with E-state index in [1.165, 1.54) is 0 Å². The van der Waals surface area contributed by atoms with Gasteiger partial charge >= 0.3 is 0 Å². The highest BCUT2D eigenvalue weighted by Crippen LogP contribution is 2.23. The second-order valence-electron chi connectivity index (χ2n) is 3.91. The Bertz CT molecular complexity index is 586. The third-order valence-corrected chi connectivity index (χ3v) is 2.98. The molecule has 0 spiro atoms. The van der Waals surface area contributed by atoms with Gasteiger partial charge in [-0.15, -0.1) is 0 Å². The van der Waals surface area contributed by atoms with E-state index in [0.717, 1.165) is 11.1 Å². The van der Waals surface area contributed by atoms with Crippen molar-refractivity contribution >= 4 is 17.4 Å². The van der Waals surface area contributed by atoms with Crippen LogP contribution < -0.4 is 0 Å². The number of hydrogen-bond acceptors (Lipinski definition) is 3. The van der Waals surface area contributed by atoms with Crippen LogP contribution in [0.3, 0.4) is 0 Å². The highest BCUT2D eigenvalue weighted by Gasteiger charge is 2.17. The van der Waals surface area contributed by atoms with Crippen LogP contribution in [0.4, 0.5) is 0 Å². The van der Waals surface area contributed by atoms with Crippen LogP contribution in [0.5, 0.6) is 0 Å². The summed E-state index contributed by atoms with van der Waals surface area (Å²) in [5, 5.41) is 0.220. The molecule has 17 heavy (non-hydrogen) atoms. The molecule has 0 amide bonds. The fraction of sp³-hybridized carbons (Fsp3) is 0.154. The molecule has 1 aliphatic heterocycles. The second-order valence-corrected chi connectivity index (χ2v) is 4.28. The van der Waals surface area contributed by atoms with Gasteiger partial charge in [0.1, 0.15) is 0 Å². The topological polar surface area (TPSA) is 39.4 Å². The molecule has 0 unspecified atom stereocenters. The summed E-state index contributed by atoms with van der Waals surface area (Å²) in [6.07, 6.45) is 0. The van der Waals surface area contributed by atoms with Crippen LogP contribution >= 0.6 is 11.6 Å². The molecule has 0 N–H and O–H groups in total. The van der Waals surface area contributed by atoms with E-state index in [9.17, 15) is 4.79 Å². The average Bonchev–Trinajstić information content (AvgIpc) is 2.95. The minimum absolute atomic E-state index is 0.161. The van der Waals surface area contributed by atoms with E-state index >= 15 is 0 Å². The van der Waals surface area contributed by atoms with E-state index in [0.29, 0.717) is 18.8 Å². The smallest absolute Gasteiger partial charge is 0.228 e. The van der Waals surface area contributed by atoms with Gasteiger partial charge in [-0.1, -0.05) is 12.1 Å². The molecule has 0 bridgehead atoms. The third-order valence-electron chi connectivity index (χ3n) is 2.78.